The molecule has 1 amide bonds. The Hall–Kier alpha value is -0.610. The third-order valence-corrected chi connectivity index (χ3v) is 2.76. The van der Waals surface area contributed by atoms with Crippen LogP contribution in [0.5, 0.6) is 0 Å². The smallest absolute Gasteiger partial charge is 0.220 e. The molecule has 0 spiro atoms. The van der Waals surface area contributed by atoms with Crippen molar-refractivity contribution in [3.05, 3.63) is 0 Å². The molecular weight excluding hydrogens is 230 g/mol. The predicted octanol–water partition coefficient (Wildman–Crippen LogP) is 2.57. The van der Waals surface area contributed by atoms with E-state index in [4.69, 9.17) is 9.47 Å². The zero-order chi connectivity index (χ0) is 14.3. The molecule has 108 valence electrons. The van der Waals surface area contributed by atoms with Gasteiger partial charge in [0.25, 0.3) is 0 Å². The lowest BCUT2D eigenvalue weighted by Gasteiger charge is -2.25. The van der Waals surface area contributed by atoms with Crippen LogP contribution in [-0.4, -0.2) is 32.5 Å². The van der Waals surface area contributed by atoms with Gasteiger partial charge in [0.05, 0.1) is 6.04 Å². The van der Waals surface area contributed by atoms with E-state index in [-0.39, 0.29) is 17.4 Å². The molecule has 0 rings (SSSR count). The summed E-state index contributed by atoms with van der Waals surface area (Å²) in [7, 11) is 3.14. The van der Waals surface area contributed by atoms with E-state index in [9.17, 15) is 4.79 Å². The Kier molecular flexibility index (Phi) is 7.48. The van der Waals surface area contributed by atoms with Crippen LogP contribution in [0.3, 0.4) is 0 Å². The number of carbonyl (C=O) groups is 1. The second-order valence-corrected chi connectivity index (χ2v) is 6.27. The van der Waals surface area contributed by atoms with Crippen molar-refractivity contribution in [3.8, 4) is 0 Å². The van der Waals surface area contributed by atoms with Gasteiger partial charge in [0, 0.05) is 20.6 Å². The Bertz CT molecular complexity index is 244. The molecule has 1 N–H and O–H groups in total. The number of carbonyl (C=O) groups excluding carboxylic acids is 1. The molecule has 2 unspecified atom stereocenters. The molecule has 0 bridgehead atoms. The Morgan fingerprint density at radius 2 is 1.67 bits per heavy atom. The van der Waals surface area contributed by atoms with E-state index in [1.54, 1.807) is 14.2 Å². The van der Waals surface area contributed by atoms with Crippen LogP contribution in [0, 0.1) is 11.3 Å². The minimum absolute atomic E-state index is 0.0540. The van der Waals surface area contributed by atoms with Crippen LogP contribution in [0.4, 0.5) is 0 Å². The monoisotopic (exact) mass is 259 g/mol. The maximum atomic E-state index is 11.9. The zero-order valence-electron chi connectivity index (χ0n) is 12.9. The van der Waals surface area contributed by atoms with Gasteiger partial charge in [0.15, 0.2) is 6.29 Å². The van der Waals surface area contributed by atoms with Crippen LogP contribution >= 0.6 is 0 Å². The molecule has 0 aromatic carbocycles. The number of hydrogen-bond donors (Lipinski definition) is 1. The van der Waals surface area contributed by atoms with Crippen molar-refractivity contribution in [1.82, 2.24) is 5.32 Å². The van der Waals surface area contributed by atoms with Crippen LogP contribution in [0.15, 0.2) is 0 Å². The van der Waals surface area contributed by atoms with Crippen molar-refractivity contribution in [2.45, 2.75) is 59.8 Å². The topological polar surface area (TPSA) is 47.6 Å². The Labute approximate surface area is 111 Å². The number of methoxy groups -OCH3 is 2. The lowest BCUT2D eigenvalue weighted by Crippen LogP contribution is -2.43. The van der Waals surface area contributed by atoms with Crippen molar-refractivity contribution in [2.24, 2.45) is 11.3 Å². The second kappa shape index (κ2) is 7.74. The number of rotatable bonds is 7. The molecule has 0 aliphatic heterocycles. The third-order valence-electron chi connectivity index (χ3n) is 2.76. The van der Waals surface area contributed by atoms with Crippen LogP contribution < -0.4 is 5.32 Å². The van der Waals surface area contributed by atoms with Gasteiger partial charge in [-0.1, -0.05) is 27.7 Å². The van der Waals surface area contributed by atoms with E-state index < -0.39 is 6.29 Å². The van der Waals surface area contributed by atoms with E-state index in [0.29, 0.717) is 12.3 Å². The van der Waals surface area contributed by atoms with E-state index in [0.717, 1.165) is 6.42 Å². The van der Waals surface area contributed by atoms with Crippen molar-refractivity contribution in [1.29, 1.82) is 0 Å². The molecule has 0 heterocycles. The van der Waals surface area contributed by atoms with Crippen LogP contribution in [0.1, 0.15) is 47.5 Å². The first-order valence-electron chi connectivity index (χ1n) is 6.54. The summed E-state index contributed by atoms with van der Waals surface area (Å²) in [6.07, 6.45) is 1.18. The summed E-state index contributed by atoms with van der Waals surface area (Å²) in [5, 5.41) is 2.91. The first-order chi connectivity index (χ1) is 8.19. The summed E-state index contributed by atoms with van der Waals surface area (Å²) in [6.45, 7) is 10.6. The van der Waals surface area contributed by atoms with Crippen LogP contribution in [0.2, 0.25) is 0 Å². The summed E-state index contributed by atoms with van der Waals surface area (Å²) in [5.41, 5.74) is 0.257. The standard InChI is InChI=1S/C14H29NO3/c1-10(9-14(3,4)5)8-12(16)15-11(2)13(17-6)18-7/h10-11,13H,8-9H2,1-7H3,(H,15,16). The van der Waals surface area contributed by atoms with Gasteiger partial charge < -0.3 is 14.8 Å². The molecule has 0 radical (unpaired) electrons. The summed E-state index contributed by atoms with van der Waals surface area (Å²) < 4.78 is 10.2. The van der Waals surface area contributed by atoms with Gasteiger partial charge in [-0.15, -0.1) is 0 Å². The van der Waals surface area contributed by atoms with Crippen molar-refractivity contribution >= 4 is 5.91 Å². The minimum atomic E-state index is -0.396. The van der Waals surface area contributed by atoms with E-state index in [2.05, 4.69) is 33.0 Å². The fourth-order valence-electron chi connectivity index (χ4n) is 2.32. The zero-order valence-corrected chi connectivity index (χ0v) is 12.9. The highest BCUT2D eigenvalue weighted by atomic mass is 16.7. The molecular formula is C14H29NO3. The van der Waals surface area contributed by atoms with Gasteiger partial charge in [-0.05, 0) is 24.7 Å². The Balaban J connectivity index is 4.11. The molecule has 18 heavy (non-hydrogen) atoms. The van der Waals surface area contributed by atoms with Crippen molar-refractivity contribution in [3.63, 3.8) is 0 Å². The predicted molar refractivity (Wildman–Crippen MR) is 73.3 cm³/mol. The second-order valence-electron chi connectivity index (χ2n) is 6.27. The minimum Gasteiger partial charge on any atom is -0.354 e. The number of hydrogen-bond acceptors (Lipinski definition) is 3. The first-order valence-corrected chi connectivity index (χ1v) is 6.54. The van der Waals surface area contributed by atoms with Gasteiger partial charge in [-0.25, -0.2) is 0 Å². The van der Waals surface area contributed by atoms with Gasteiger partial charge in [0.2, 0.25) is 5.91 Å². The maximum absolute atomic E-state index is 11.9. The summed E-state index contributed by atoms with van der Waals surface area (Å²) in [6, 6.07) is -0.144. The van der Waals surface area contributed by atoms with Gasteiger partial charge >= 0.3 is 0 Å². The van der Waals surface area contributed by atoms with E-state index in [1.807, 2.05) is 6.92 Å². The molecule has 0 fully saturated rings. The molecule has 0 aromatic heterocycles. The average molecular weight is 259 g/mol. The number of ether oxygens (including phenoxy) is 2. The normalized spacial score (nSPS) is 15.6. The molecule has 0 aliphatic carbocycles. The molecule has 4 heteroatoms. The first kappa shape index (κ1) is 17.4. The lowest BCUT2D eigenvalue weighted by molar-refractivity contribution is -0.136. The van der Waals surface area contributed by atoms with Crippen molar-refractivity contribution in [2.75, 3.05) is 14.2 Å². The summed E-state index contributed by atoms with van der Waals surface area (Å²) >= 11 is 0. The molecule has 4 nitrogen and oxygen atoms in total. The van der Waals surface area contributed by atoms with Gasteiger partial charge in [-0.2, -0.15) is 0 Å². The lowest BCUT2D eigenvalue weighted by atomic mass is 9.84. The molecule has 0 saturated carbocycles. The maximum Gasteiger partial charge on any atom is 0.220 e. The molecule has 2 atom stereocenters. The summed E-state index contributed by atoms with van der Waals surface area (Å²) in [4.78, 5) is 11.9. The summed E-state index contributed by atoms with van der Waals surface area (Å²) in [5.74, 6) is 0.430. The Morgan fingerprint density at radius 1 is 1.17 bits per heavy atom. The highest BCUT2D eigenvalue weighted by Crippen LogP contribution is 2.25. The van der Waals surface area contributed by atoms with Gasteiger partial charge in [-0.3, -0.25) is 4.79 Å². The highest BCUT2D eigenvalue weighted by Gasteiger charge is 2.21. The van der Waals surface area contributed by atoms with E-state index in [1.165, 1.54) is 0 Å². The van der Waals surface area contributed by atoms with Gasteiger partial charge in [0.1, 0.15) is 0 Å². The number of amides is 1. The largest absolute Gasteiger partial charge is 0.354 e. The van der Waals surface area contributed by atoms with E-state index >= 15 is 0 Å². The highest BCUT2D eigenvalue weighted by molar-refractivity contribution is 5.76. The number of nitrogens with one attached hydrogen (secondary N) is 1. The fourth-order valence-corrected chi connectivity index (χ4v) is 2.32. The van der Waals surface area contributed by atoms with Crippen LogP contribution in [0.25, 0.3) is 0 Å². The quantitative estimate of drug-likeness (QED) is 0.715. The van der Waals surface area contributed by atoms with Crippen molar-refractivity contribution < 1.29 is 14.3 Å². The molecule has 0 saturated heterocycles. The third kappa shape index (κ3) is 7.67. The SMILES string of the molecule is COC(OC)C(C)NC(=O)CC(C)CC(C)(C)C. The fraction of sp³-hybridized carbons (Fsp3) is 0.929. The van der Waals surface area contributed by atoms with Crippen LogP contribution in [-0.2, 0) is 14.3 Å². The Morgan fingerprint density at radius 3 is 2.06 bits per heavy atom. The average Bonchev–Trinajstić information content (AvgIpc) is 2.15. The molecule has 0 aliphatic rings. The molecule has 0 aromatic rings.